The number of carbonyl (C=O) groups excluding carboxylic acids is 4. The summed E-state index contributed by atoms with van der Waals surface area (Å²) in [5, 5.41) is 7.57. The summed E-state index contributed by atoms with van der Waals surface area (Å²) < 4.78 is 11.4. The number of Topliss-reactive ketones (excluding diaryl/α,β-unsaturated/α-hetero) is 1. The number of carbonyl (C=O) groups is 4. The third-order valence-corrected chi connectivity index (χ3v) is 13.2. The number of ether oxygens (including phenoxy) is 2. The zero-order chi connectivity index (χ0) is 38.3. The highest BCUT2D eigenvalue weighted by atomic mass is 31.2. The molecule has 2 N–H and O–H groups in total. The summed E-state index contributed by atoms with van der Waals surface area (Å²) in [6.45, 7) is -3.82. The number of esters is 1. The molecule has 0 aromatic heterocycles. The molecule has 0 spiro atoms. The van der Waals surface area contributed by atoms with E-state index in [4.69, 9.17) is 9.47 Å². The Morgan fingerprint density at radius 1 is 0.491 bits per heavy atom. The number of benzene rings is 6. The van der Waals surface area contributed by atoms with Gasteiger partial charge in [-0.2, -0.15) is 0 Å². The number of amides is 2. The van der Waals surface area contributed by atoms with E-state index in [-0.39, 0.29) is 24.9 Å². The average Bonchev–Trinajstić information content (AvgIpc) is 3.25. The number of nitrogens with one attached hydrogen (secondary N) is 2. The summed E-state index contributed by atoms with van der Waals surface area (Å²) in [6, 6.07) is 55.1. The van der Waals surface area contributed by atoms with Gasteiger partial charge in [-0.25, -0.2) is 9.59 Å². The fourth-order valence-corrected chi connectivity index (χ4v) is 10.7. The van der Waals surface area contributed by atoms with E-state index in [2.05, 4.69) is 10.6 Å². The molecule has 0 radical (unpaired) electrons. The van der Waals surface area contributed by atoms with Gasteiger partial charge in [0.25, 0.3) is 0 Å². The van der Waals surface area contributed by atoms with Crippen LogP contribution in [-0.4, -0.2) is 41.6 Å². The molecule has 0 unspecified atom stereocenters. The topological polar surface area (TPSA) is 111 Å². The molecule has 9 heteroatoms. The molecule has 6 rings (SSSR count). The fraction of sp³-hybridized carbons (Fsp3) is 0.109. The van der Waals surface area contributed by atoms with Crippen molar-refractivity contribution in [3.63, 3.8) is 0 Å². The van der Waals surface area contributed by atoms with Crippen LogP contribution in [0.5, 0.6) is 0 Å². The van der Waals surface area contributed by atoms with Crippen LogP contribution in [0, 0.1) is 0 Å². The third-order valence-electron chi connectivity index (χ3n) is 8.95. The Hall–Kier alpha value is -6.50. The molecule has 0 bridgehead atoms. The largest absolute Gasteiger partial charge is 0.457 e. The maximum atomic E-state index is 15.6. The summed E-state index contributed by atoms with van der Waals surface area (Å²) in [4.78, 5) is 56.7. The van der Waals surface area contributed by atoms with Gasteiger partial charge in [-0.05, 0) is 39.5 Å². The van der Waals surface area contributed by atoms with Crippen LogP contribution < -0.4 is 26.5 Å². The van der Waals surface area contributed by atoms with Crippen LogP contribution in [0.3, 0.4) is 0 Å². The van der Waals surface area contributed by atoms with E-state index in [1.165, 1.54) is 0 Å². The summed E-state index contributed by atoms with van der Waals surface area (Å²) in [5.41, 5.74) is 2.31. The van der Waals surface area contributed by atoms with E-state index >= 15 is 4.79 Å². The van der Waals surface area contributed by atoms with Crippen molar-refractivity contribution >= 4 is 51.8 Å². The van der Waals surface area contributed by atoms with Crippen molar-refractivity contribution in [1.82, 2.24) is 10.6 Å². The zero-order valence-electron chi connectivity index (χ0n) is 30.1. The van der Waals surface area contributed by atoms with Crippen LogP contribution >= 0.6 is 6.89 Å². The lowest BCUT2D eigenvalue weighted by molar-refractivity contribution is -0.137. The molecule has 6 aromatic rings. The third kappa shape index (κ3) is 9.74. The molecule has 55 heavy (non-hydrogen) atoms. The Balaban J connectivity index is 1.46. The van der Waals surface area contributed by atoms with Crippen LogP contribution in [-0.2, 0) is 43.5 Å². The van der Waals surface area contributed by atoms with Crippen molar-refractivity contribution in [3.05, 3.63) is 199 Å². The number of ketones is 1. The fourth-order valence-electron chi connectivity index (χ4n) is 6.38. The van der Waals surface area contributed by atoms with Crippen molar-refractivity contribution < 1.29 is 28.7 Å². The van der Waals surface area contributed by atoms with E-state index in [1.807, 2.05) is 182 Å². The highest BCUT2D eigenvalue weighted by molar-refractivity contribution is 7.97. The lowest BCUT2D eigenvalue weighted by atomic mass is 10.0. The second-order valence-electron chi connectivity index (χ2n) is 12.7. The van der Waals surface area contributed by atoms with Crippen molar-refractivity contribution in [2.45, 2.75) is 25.7 Å². The van der Waals surface area contributed by atoms with Crippen molar-refractivity contribution in [3.8, 4) is 0 Å². The number of rotatable bonds is 15. The normalized spacial score (nSPS) is 11.4. The minimum Gasteiger partial charge on any atom is -0.457 e. The first kappa shape index (κ1) is 38.2. The van der Waals surface area contributed by atoms with Gasteiger partial charge >= 0.3 is 12.1 Å². The molecule has 2 amide bonds. The van der Waals surface area contributed by atoms with Gasteiger partial charge in [-0.1, -0.05) is 182 Å². The molecule has 0 aliphatic heterocycles. The summed E-state index contributed by atoms with van der Waals surface area (Å²) in [5.74, 6) is -2.01. The first-order valence-electron chi connectivity index (χ1n) is 17.9. The van der Waals surface area contributed by atoms with Crippen molar-refractivity contribution in [2.75, 3.05) is 6.54 Å². The molecule has 0 saturated carbocycles. The predicted octanol–water partition coefficient (Wildman–Crippen LogP) is 6.12. The lowest BCUT2D eigenvalue weighted by Crippen LogP contribution is -2.51. The maximum Gasteiger partial charge on any atom is 0.407 e. The zero-order valence-corrected chi connectivity index (χ0v) is 31.0. The van der Waals surface area contributed by atoms with Crippen molar-refractivity contribution in [2.24, 2.45) is 0 Å². The number of hydrogen-bond donors (Lipinski definition) is 2. The van der Waals surface area contributed by atoms with Gasteiger partial charge in [-0.3, -0.25) is 9.59 Å². The average molecular weight is 749 g/mol. The molecular weight excluding hydrogens is 707 g/mol. The van der Waals surface area contributed by atoms with Crippen LogP contribution in [0.4, 0.5) is 4.79 Å². The molecule has 0 aliphatic rings. The first-order valence-corrected chi connectivity index (χ1v) is 19.7. The Morgan fingerprint density at radius 3 is 1.31 bits per heavy atom. The van der Waals surface area contributed by atoms with E-state index in [0.29, 0.717) is 0 Å². The van der Waals surface area contributed by atoms with Gasteiger partial charge in [0.2, 0.25) is 5.91 Å². The molecule has 0 saturated heterocycles. The van der Waals surface area contributed by atoms with Gasteiger partial charge < -0.3 is 20.1 Å². The van der Waals surface area contributed by atoms with Gasteiger partial charge in [0.1, 0.15) is 25.1 Å². The SMILES string of the molecule is O=C(CNC(=O)OCc1ccccc1)N[C@@H](Cc1ccccc1)C(=O)C(C(=O)OCc1ccccc1)=P(c1ccccc1)(c1ccccc1)c1ccccc1. The molecule has 8 nitrogen and oxygen atoms in total. The number of hydrogen-bond acceptors (Lipinski definition) is 6. The Morgan fingerprint density at radius 2 is 0.873 bits per heavy atom. The Kier molecular flexibility index (Phi) is 13.2. The molecule has 0 aliphatic carbocycles. The summed E-state index contributed by atoms with van der Waals surface area (Å²) >= 11 is 0. The van der Waals surface area contributed by atoms with Gasteiger partial charge in [0.05, 0.1) is 6.04 Å². The molecular formula is C46H41N2O6P. The van der Waals surface area contributed by atoms with Crippen LogP contribution in [0.15, 0.2) is 182 Å². The molecule has 0 heterocycles. The Labute approximate surface area is 321 Å². The highest BCUT2D eigenvalue weighted by Gasteiger charge is 2.40. The quantitative estimate of drug-likeness (QED) is 0.0745. The van der Waals surface area contributed by atoms with Crippen LogP contribution in [0.1, 0.15) is 16.7 Å². The van der Waals surface area contributed by atoms with E-state index in [1.54, 1.807) is 0 Å². The molecule has 0 fully saturated rings. The molecule has 6 aromatic carbocycles. The van der Waals surface area contributed by atoms with Crippen molar-refractivity contribution in [1.29, 1.82) is 0 Å². The van der Waals surface area contributed by atoms with Gasteiger partial charge in [-0.15, -0.1) is 0 Å². The minimum absolute atomic E-state index is 0.0249. The van der Waals surface area contributed by atoms with E-state index in [9.17, 15) is 14.4 Å². The monoisotopic (exact) mass is 748 g/mol. The summed E-state index contributed by atoms with van der Waals surface area (Å²) in [7, 11) is 0. The predicted molar refractivity (Wildman–Crippen MR) is 218 cm³/mol. The van der Waals surface area contributed by atoms with Gasteiger partial charge in [0.15, 0.2) is 5.78 Å². The van der Waals surface area contributed by atoms with E-state index < -0.39 is 43.2 Å². The summed E-state index contributed by atoms with van der Waals surface area (Å²) in [6.07, 6.45) is -0.721. The Bertz CT molecular complexity index is 2130. The van der Waals surface area contributed by atoms with Crippen LogP contribution in [0.2, 0.25) is 0 Å². The molecule has 276 valence electrons. The second-order valence-corrected chi connectivity index (χ2v) is 16.0. The molecule has 1 atom stereocenters. The van der Waals surface area contributed by atoms with Crippen LogP contribution in [0.25, 0.3) is 0 Å². The first-order chi connectivity index (χ1) is 26.9. The minimum atomic E-state index is -3.32. The number of alkyl carbamates (subject to hydrolysis) is 1. The van der Waals surface area contributed by atoms with E-state index in [0.717, 1.165) is 32.6 Å². The maximum absolute atomic E-state index is 15.6. The van der Waals surface area contributed by atoms with Gasteiger partial charge in [0, 0.05) is 6.42 Å². The standard InChI is InChI=1S/C46H41N2O6P/c49-42(32-47-46(52)54-34-37-23-11-3-12-24-37)48-41(31-35-19-7-1-8-20-35)43(50)44(45(51)53-33-36-21-9-2-10-22-36)55(38-25-13-4-14-26-38,39-27-15-5-16-28-39)40-29-17-6-18-30-40/h1-30,41H,31-34H2,(H,47,52)(H,48,49)/t41-/m0/s1. The smallest absolute Gasteiger partial charge is 0.407 e. The lowest BCUT2D eigenvalue weighted by Gasteiger charge is -2.32. The second kappa shape index (κ2) is 19.0. The highest BCUT2D eigenvalue weighted by Crippen LogP contribution is 2.47.